The van der Waals surface area contributed by atoms with E-state index in [-0.39, 0.29) is 17.8 Å². The molecule has 0 spiro atoms. The molecule has 1 aromatic heterocycles. The standard InChI is InChI=1S/C19H15ClFN3O/c20-13-2-1-3-16(10-13)24-18(19(25)22-15-8-9-15)11-17(23-24)12-4-6-14(21)7-5-12/h1-7,10-11,15H,8-9H2,(H,22,25). The molecular weight excluding hydrogens is 341 g/mol. The van der Waals surface area contributed by atoms with Crippen LogP contribution in [0.4, 0.5) is 4.39 Å². The molecule has 0 saturated heterocycles. The third-order valence-corrected chi connectivity index (χ3v) is 4.28. The minimum Gasteiger partial charge on any atom is -0.348 e. The van der Waals surface area contributed by atoms with Crippen LogP contribution in [0.2, 0.25) is 5.02 Å². The monoisotopic (exact) mass is 355 g/mol. The van der Waals surface area contributed by atoms with E-state index < -0.39 is 0 Å². The second-order valence-corrected chi connectivity index (χ2v) is 6.50. The molecular formula is C19H15ClFN3O. The summed E-state index contributed by atoms with van der Waals surface area (Å²) >= 11 is 6.08. The van der Waals surface area contributed by atoms with Crippen LogP contribution in [0, 0.1) is 5.82 Å². The Morgan fingerprint density at radius 1 is 1.16 bits per heavy atom. The van der Waals surface area contributed by atoms with Crippen molar-refractivity contribution in [3.8, 4) is 16.9 Å². The van der Waals surface area contributed by atoms with Crippen LogP contribution in [0.15, 0.2) is 54.6 Å². The summed E-state index contributed by atoms with van der Waals surface area (Å²) in [6.45, 7) is 0. The summed E-state index contributed by atoms with van der Waals surface area (Å²) in [5, 5.41) is 8.08. The van der Waals surface area contributed by atoms with Gasteiger partial charge in [-0.15, -0.1) is 0 Å². The molecule has 1 saturated carbocycles. The van der Waals surface area contributed by atoms with E-state index >= 15 is 0 Å². The Morgan fingerprint density at radius 2 is 1.92 bits per heavy atom. The fourth-order valence-corrected chi connectivity index (χ4v) is 2.78. The third-order valence-electron chi connectivity index (χ3n) is 4.05. The van der Waals surface area contributed by atoms with Gasteiger partial charge in [-0.2, -0.15) is 5.10 Å². The topological polar surface area (TPSA) is 46.9 Å². The van der Waals surface area contributed by atoms with Crippen molar-refractivity contribution >= 4 is 17.5 Å². The average Bonchev–Trinajstić information content (AvgIpc) is 3.30. The van der Waals surface area contributed by atoms with Crippen LogP contribution in [-0.2, 0) is 0 Å². The third kappa shape index (κ3) is 3.42. The van der Waals surface area contributed by atoms with E-state index in [9.17, 15) is 9.18 Å². The minimum absolute atomic E-state index is 0.177. The summed E-state index contributed by atoms with van der Waals surface area (Å²) in [4.78, 5) is 12.6. The summed E-state index contributed by atoms with van der Waals surface area (Å²) in [5.74, 6) is -0.493. The van der Waals surface area contributed by atoms with Gasteiger partial charge in [-0.3, -0.25) is 4.79 Å². The van der Waals surface area contributed by atoms with Crippen LogP contribution in [-0.4, -0.2) is 21.7 Å². The molecule has 0 unspecified atom stereocenters. The molecule has 4 nitrogen and oxygen atoms in total. The molecule has 25 heavy (non-hydrogen) atoms. The largest absolute Gasteiger partial charge is 0.348 e. The Hall–Kier alpha value is -2.66. The van der Waals surface area contributed by atoms with Gasteiger partial charge in [0.05, 0.1) is 11.4 Å². The molecule has 126 valence electrons. The zero-order valence-corrected chi connectivity index (χ0v) is 14.0. The second-order valence-electron chi connectivity index (χ2n) is 6.06. The highest BCUT2D eigenvalue weighted by molar-refractivity contribution is 6.30. The van der Waals surface area contributed by atoms with Crippen molar-refractivity contribution in [3.63, 3.8) is 0 Å². The molecule has 2 aromatic carbocycles. The molecule has 1 amide bonds. The normalized spacial score (nSPS) is 13.7. The summed E-state index contributed by atoms with van der Waals surface area (Å²) in [5.41, 5.74) is 2.46. The highest BCUT2D eigenvalue weighted by Gasteiger charge is 2.26. The molecule has 1 aliphatic rings. The van der Waals surface area contributed by atoms with Crippen molar-refractivity contribution in [1.82, 2.24) is 15.1 Å². The Morgan fingerprint density at radius 3 is 2.60 bits per heavy atom. The van der Waals surface area contributed by atoms with E-state index in [0.717, 1.165) is 18.4 Å². The highest BCUT2D eigenvalue weighted by atomic mass is 35.5. The number of carbonyl (C=O) groups excluding carboxylic acids is 1. The zero-order valence-electron chi connectivity index (χ0n) is 13.2. The Labute approximate surface area is 149 Å². The first-order valence-electron chi connectivity index (χ1n) is 8.03. The number of aromatic nitrogens is 2. The van der Waals surface area contributed by atoms with Crippen LogP contribution >= 0.6 is 11.6 Å². The van der Waals surface area contributed by atoms with Gasteiger partial charge < -0.3 is 5.32 Å². The van der Waals surface area contributed by atoms with Gasteiger partial charge in [0.15, 0.2) is 0 Å². The smallest absolute Gasteiger partial charge is 0.270 e. The van der Waals surface area contributed by atoms with Gasteiger partial charge >= 0.3 is 0 Å². The lowest BCUT2D eigenvalue weighted by molar-refractivity contribution is 0.0943. The van der Waals surface area contributed by atoms with Crippen molar-refractivity contribution in [2.45, 2.75) is 18.9 Å². The molecule has 1 heterocycles. The number of nitrogens with one attached hydrogen (secondary N) is 1. The number of hydrogen-bond acceptors (Lipinski definition) is 2. The van der Waals surface area contributed by atoms with Crippen LogP contribution in [0.3, 0.4) is 0 Å². The van der Waals surface area contributed by atoms with Crippen molar-refractivity contribution < 1.29 is 9.18 Å². The molecule has 0 radical (unpaired) electrons. The summed E-state index contributed by atoms with van der Waals surface area (Å²) in [6, 6.07) is 15.1. The van der Waals surface area contributed by atoms with Gasteiger partial charge in [0.25, 0.3) is 5.91 Å². The molecule has 3 aromatic rings. The summed E-state index contributed by atoms with van der Waals surface area (Å²) in [7, 11) is 0. The van der Waals surface area contributed by atoms with E-state index in [2.05, 4.69) is 10.4 Å². The number of carbonyl (C=O) groups is 1. The first-order chi connectivity index (χ1) is 12.1. The van der Waals surface area contributed by atoms with Crippen LogP contribution in [0.25, 0.3) is 16.9 Å². The maximum absolute atomic E-state index is 13.2. The van der Waals surface area contributed by atoms with Gasteiger partial charge in [0.1, 0.15) is 11.5 Å². The number of rotatable bonds is 4. The average molecular weight is 356 g/mol. The second kappa shape index (κ2) is 6.33. The molecule has 0 aliphatic heterocycles. The number of halogens is 2. The van der Waals surface area contributed by atoms with Crippen LogP contribution < -0.4 is 5.32 Å². The molecule has 0 bridgehead atoms. The molecule has 6 heteroatoms. The van der Waals surface area contributed by atoms with E-state index in [1.807, 2.05) is 6.07 Å². The lowest BCUT2D eigenvalue weighted by Gasteiger charge is -2.08. The fourth-order valence-electron chi connectivity index (χ4n) is 2.60. The van der Waals surface area contributed by atoms with Crippen molar-refractivity contribution in [3.05, 3.63) is 71.1 Å². The van der Waals surface area contributed by atoms with E-state index in [4.69, 9.17) is 11.6 Å². The number of amides is 1. The van der Waals surface area contributed by atoms with Gasteiger partial charge in [0, 0.05) is 16.6 Å². The molecule has 1 fully saturated rings. The van der Waals surface area contributed by atoms with Crippen molar-refractivity contribution in [2.24, 2.45) is 0 Å². The Balaban J connectivity index is 1.79. The van der Waals surface area contributed by atoms with Gasteiger partial charge in [-0.1, -0.05) is 17.7 Å². The Kier molecular flexibility index (Phi) is 4.01. The summed E-state index contributed by atoms with van der Waals surface area (Å²) < 4.78 is 14.7. The van der Waals surface area contributed by atoms with E-state index in [1.54, 1.807) is 41.1 Å². The Bertz CT molecular complexity index is 932. The lowest BCUT2D eigenvalue weighted by Crippen LogP contribution is -2.27. The number of nitrogens with zero attached hydrogens (tertiary/aromatic N) is 2. The minimum atomic E-state index is -0.315. The molecule has 0 atom stereocenters. The van der Waals surface area contributed by atoms with Gasteiger partial charge in [-0.05, 0) is 61.4 Å². The summed E-state index contributed by atoms with van der Waals surface area (Å²) in [6.07, 6.45) is 2.00. The zero-order chi connectivity index (χ0) is 17.4. The predicted molar refractivity (Wildman–Crippen MR) is 94.5 cm³/mol. The van der Waals surface area contributed by atoms with Crippen LogP contribution in [0.5, 0.6) is 0 Å². The fraction of sp³-hybridized carbons (Fsp3) is 0.158. The van der Waals surface area contributed by atoms with E-state index in [0.29, 0.717) is 22.1 Å². The van der Waals surface area contributed by atoms with Crippen LogP contribution in [0.1, 0.15) is 23.3 Å². The maximum atomic E-state index is 13.2. The predicted octanol–water partition coefficient (Wildman–Crippen LogP) is 4.22. The highest BCUT2D eigenvalue weighted by Crippen LogP contribution is 2.25. The lowest BCUT2D eigenvalue weighted by atomic mass is 10.1. The number of hydrogen-bond donors (Lipinski definition) is 1. The van der Waals surface area contributed by atoms with Crippen molar-refractivity contribution in [1.29, 1.82) is 0 Å². The number of benzene rings is 2. The maximum Gasteiger partial charge on any atom is 0.270 e. The molecule has 4 rings (SSSR count). The van der Waals surface area contributed by atoms with Crippen molar-refractivity contribution in [2.75, 3.05) is 0 Å². The first kappa shape index (κ1) is 15.8. The SMILES string of the molecule is O=C(NC1CC1)c1cc(-c2ccc(F)cc2)nn1-c1cccc(Cl)c1. The van der Waals surface area contributed by atoms with Gasteiger partial charge in [-0.25, -0.2) is 9.07 Å². The molecule has 1 N–H and O–H groups in total. The van der Waals surface area contributed by atoms with Gasteiger partial charge in [0.2, 0.25) is 0 Å². The quantitative estimate of drug-likeness (QED) is 0.761. The van der Waals surface area contributed by atoms with E-state index in [1.165, 1.54) is 12.1 Å². The molecule has 1 aliphatic carbocycles. The first-order valence-corrected chi connectivity index (χ1v) is 8.41.